The Hall–Kier alpha value is -0.470. The zero-order chi connectivity index (χ0) is 13.9. The van der Waals surface area contributed by atoms with Gasteiger partial charge in [0.15, 0.2) is 0 Å². The van der Waals surface area contributed by atoms with E-state index in [0.29, 0.717) is 6.04 Å². The van der Waals surface area contributed by atoms with Crippen LogP contribution >= 0.6 is 11.8 Å². The van der Waals surface area contributed by atoms with Gasteiger partial charge in [-0.05, 0) is 49.8 Å². The van der Waals surface area contributed by atoms with Crippen molar-refractivity contribution in [2.24, 2.45) is 11.8 Å². The molecule has 4 unspecified atom stereocenters. The second kappa shape index (κ2) is 6.53. The molecule has 1 saturated carbocycles. The van der Waals surface area contributed by atoms with Gasteiger partial charge < -0.3 is 5.32 Å². The lowest BCUT2D eigenvalue weighted by Gasteiger charge is -2.36. The van der Waals surface area contributed by atoms with Crippen molar-refractivity contribution in [2.75, 3.05) is 7.05 Å². The highest BCUT2D eigenvalue weighted by molar-refractivity contribution is 8.00. The average Bonchev–Trinajstić information content (AvgIpc) is 2.91. The fraction of sp³-hybridized carbons (Fsp3) is 0.667. The van der Waals surface area contributed by atoms with Crippen LogP contribution in [0.25, 0.3) is 0 Å². The molecule has 1 aromatic carbocycles. The Kier molecular flexibility index (Phi) is 4.72. The van der Waals surface area contributed by atoms with Crippen LogP contribution in [-0.4, -0.2) is 18.3 Å². The number of hydrogen-bond donors (Lipinski definition) is 1. The van der Waals surface area contributed by atoms with Crippen LogP contribution in [0.2, 0.25) is 0 Å². The molecule has 0 aromatic heterocycles. The summed E-state index contributed by atoms with van der Waals surface area (Å²) in [6.45, 7) is 2.36. The van der Waals surface area contributed by atoms with Crippen molar-refractivity contribution in [3.63, 3.8) is 0 Å². The maximum atomic E-state index is 3.67. The fourth-order valence-electron chi connectivity index (χ4n) is 4.16. The van der Waals surface area contributed by atoms with Crippen LogP contribution in [-0.2, 0) is 6.42 Å². The first kappa shape index (κ1) is 14.5. The van der Waals surface area contributed by atoms with Gasteiger partial charge in [-0.2, -0.15) is 0 Å². The predicted molar refractivity (Wildman–Crippen MR) is 88.4 cm³/mol. The summed E-state index contributed by atoms with van der Waals surface area (Å²) in [5.41, 5.74) is 1.56. The molecule has 1 aromatic rings. The molecule has 4 atom stereocenters. The molecule has 2 aliphatic rings. The van der Waals surface area contributed by atoms with Crippen molar-refractivity contribution in [2.45, 2.75) is 61.6 Å². The third kappa shape index (κ3) is 2.92. The first-order chi connectivity index (χ1) is 9.81. The summed E-state index contributed by atoms with van der Waals surface area (Å²) in [6, 6.07) is 9.65. The van der Waals surface area contributed by atoms with Crippen molar-refractivity contribution < 1.29 is 0 Å². The molecule has 2 heteroatoms. The molecule has 1 fully saturated rings. The first-order valence-corrected chi connectivity index (χ1v) is 9.11. The molecule has 1 N–H and O–H groups in total. The molecule has 0 radical (unpaired) electrons. The van der Waals surface area contributed by atoms with Crippen LogP contribution in [0.3, 0.4) is 0 Å². The van der Waals surface area contributed by atoms with Gasteiger partial charge >= 0.3 is 0 Å². The summed E-state index contributed by atoms with van der Waals surface area (Å²) in [5.74, 6) is 1.85. The van der Waals surface area contributed by atoms with E-state index in [1.807, 2.05) is 0 Å². The predicted octanol–water partition coefficient (Wildman–Crippen LogP) is 4.51. The molecule has 0 spiro atoms. The third-order valence-corrected chi connectivity index (χ3v) is 6.73. The molecule has 1 heterocycles. The second-order valence-corrected chi connectivity index (χ2v) is 7.76. The van der Waals surface area contributed by atoms with Crippen LogP contribution in [0.4, 0.5) is 0 Å². The minimum Gasteiger partial charge on any atom is -0.316 e. The van der Waals surface area contributed by atoms with Gasteiger partial charge in [0, 0.05) is 16.2 Å². The lowest BCUT2D eigenvalue weighted by atomic mass is 9.75. The summed E-state index contributed by atoms with van der Waals surface area (Å²) in [4.78, 5) is 1.51. The minimum atomic E-state index is 0.682. The van der Waals surface area contributed by atoms with E-state index in [-0.39, 0.29) is 0 Å². The Bertz CT molecular complexity index is 420. The highest BCUT2D eigenvalue weighted by atomic mass is 32.2. The lowest BCUT2D eigenvalue weighted by Crippen LogP contribution is -2.43. The number of hydrogen-bond acceptors (Lipinski definition) is 2. The van der Waals surface area contributed by atoms with E-state index >= 15 is 0 Å². The maximum Gasteiger partial charge on any atom is 0.0291 e. The molecular weight excluding hydrogens is 262 g/mol. The van der Waals surface area contributed by atoms with Gasteiger partial charge in [0.2, 0.25) is 0 Å². The standard InChI is InChI=1S/C18H27NS/c1-3-13-7-6-9-15(11-13)18(19-2)17-12-14-8-4-5-10-16(14)20-17/h4-5,8,10,13,15,17-19H,3,6-7,9,11-12H2,1-2H3. The van der Waals surface area contributed by atoms with Crippen LogP contribution in [0.5, 0.6) is 0 Å². The van der Waals surface area contributed by atoms with Gasteiger partial charge in [-0.15, -0.1) is 11.8 Å². The van der Waals surface area contributed by atoms with Crippen LogP contribution < -0.4 is 5.32 Å². The molecular formula is C18H27NS. The Labute approximate surface area is 127 Å². The van der Waals surface area contributed by atoms with E-state index in [0.717, 1.165) is 17.1 Å². The van der Waals surface area contributed by atoms with Crippen molar-refractivity contribution in [1.82, 2.24) is 5.32 Å². The third-order valence-electron chi connectivity index (χ3n) is 5.31. The number of fused-ring (bicyclic) bond motifs is 1. The SMILES string of the molecule is CCC1CCCC(C(NC)C2Cc3ccccc3S2)C1. The quantitative estimate of drug-likeness (QED) is 0.875. The largest absolute Gasteiger partial charge is 0.316 e. The van der Waals surface area contributed by atoms with Crippen molar-refractivity contribution >= 4 is 11.8 Å². The zero-order valence-electron chi connectivity index (χ0n) is 12.8. The van der Waals surface area contributed by atoms with Gasteiger partial charge in [-0.1, -0.05) is 44.4 Å². The molecule has 110 valence electrons. The van der Waals surface area contributed by atoms with Gasteiger partial charge in [0.05, 0.1) is 0 Å². The molecule has 0 saturated heterocycles. The summed E-state index contributed by atoms with van der Waals surface area (Å²) < 4.78 is 0. The highest BCUT2D eigenvalue weighted by Crippen LogP contribution is 2.43. The van der Waals surface area contributed by atoms with Gasteiger partial charge in [-0.25, -0.2) is 0 Å². The monoisotopic (exact) mass is 289 g/mol. The Morgan fingerprint density at radius 3 is 2.90 bits per heavy atom. The Balaban J connectivity index is 1.69. The number of nitrogens with one attached hydrogen (secondary N) is 1. The summed E-state index contributed by atoms with van der Waals surface area (Å²) >= 11 is 2.11. The van der Waals surface area contributed by atoms with Gasteiger partial charge in [0.1, 0.15) is 0 Å². The lowest BCUT2D eigenvalue weighted by molar-refractivity contribution is 0.211. The zero-order valence-corrected chi connectivity index (χ0v) is 13.6. The normalized spacial score (nSPS) is 31.0. The number of thioether (sulfide) groups is 1. The van der Waals surface area contributed by atoms with E-state index in [1.54, 1.807) is 5.56 Å². The number of rotatable bonds is 4. The van der Waals surface area contributed by atoms with E-state index < -0.39 is 0 Å². The molecule has 3 rings (SSSR count). The van der Waals surface area contributed by atoms with E-state index in [2.05, 4.69) is 55.3 Å². The first-order valence-electron chi connectivity index (χ1n) is 8.23. The maximum absolute atomic E-state index is 3.67. The average molecular weight is 289 g/mol. The van der Waals surface area contributed by atoms with Crippen LogP contribution in [0.1, 0.15) is 44.6 Å². The smallest absolute Gasteiger partial charge is 0.0291 e. The highest BCUT2D eigenvalue weighted by Gasteiger charge is 2.35. The molecule has 20 heavy (non-hydrogen) atoms. The van der Waals surface area contributed by atoms with Crippen molar-refractivity contribution in [3.05, 3.63) is 29.8 Å². The molecule has 1 aliphatic carbocycles. The summed E-state index contributed by atoms with van der Waals surface area (Å²) in [6.07, 6.45) is 8.38. The van der Waals surface area contributed by atoms with E-state index in [4.69, 9.17) is 0 Å². The summed E-state index contributed by atoms with van der Waals surface area (Å²) in [5, 5.41) is 4.41. The summed E-state index contributed by atoms with van der Waals surface area (Å²) in [7, 11) is 2.17. The second-order valence-electron chi connectivity index (χ2n) is 6.48. The Morgan fingerprint density at radius 1 is 1.30 bits per heavy atom. The molecule has 0 bridgehead atoms. The van der Waals surface area contributed by atoms with Crippen LogP contribution in [0, 0.1) is 11.8 Å². The van der Waals surface area contributed by atoms with E-state index in [1.165, 1.54) is 43.4 Å². The van der Waals surface area contributed by atoms with E-state index in [9.17, 15) is 0 Å². The van der Waals surface area contributed by atoms with Crippen molar-refractivity contribution in [1.29, 1.82) is 0 Å². The molecule has 1 aliphatic heterocycles. The van der Waals surface area contributed by atoms with Gasteiger partial charge in [-0.3, -0.25) is 0 Å². The topological polar surface area (TPSA) is 12.0 Å². The molecule has 0 amide bonds. The fourth-order valence-corrected chi connectivity index (χ4v) is 5.72. The minimum absolute atomic E-state index is 0.682. The number of benzene rings is 1. The Morgan fingerprint density at radius 2 is 2.15 bits per heavy atom. The van der Waals surface area contributed by atoms with Crippen LogP contribution in [0.15, 0.2) is 29.2 Å². The van der Waals surface area contributed by atoms with Crippen molar-refractivity contribution in [3.8, 4) is 0 Å². The molecule has 1 nitrogen and oxygen atoms in total. The van der Waals surface area contributed by atoms with Gasteiger partial charge in [0.25, 0.3) is 0 Å².